The molecule has 0 atom stereocenters. The van der Waals surface area contributed by atoms with Crippen LogP contribution in [-0.2, 0) is 0 Å². The third-order valence-electron chi connectivity index (χ3n) is 2.68. The van der Waals surface area contributed by atoms with Gasteiger partial charge in [-0.15, -0.1) is 11.8 Å². The number of benzene rings is 2. The van der Waals surface area contributed by atoms with E-state index in [4.69, 9.17) is 34.1 Å². The lowest BCUT2D eigenvalue weighted by Gasteiger charge is -2.12. The van der Waals surface area contributed by atoms with Gasteiger partial charge in [0.05, 0.1) is 5.02 Å². The van der Waals surface area contributed by atoms with Crippen LogP contribution in [0.2, 0.25) is 10.0 Å². The summed E-state index contributed by atoms with van der Waals surface area (Å²) in [6.45, 7) is 0. The van der Waals surface area contributed by atoms with Gasteiger partial charge in [-0.1, -0.05) is 46.2 Å². The Morgan fingerprint density at radius 2 is 1.86 bits per heavy atom. The molecule has 0 aromatic heterocycles. The van der Waals surface area contributed by atoms with Crippen molar-refractivity contribution in [3.63, 3.8) is 0 Å². The molecule has 0 saturated carbocycles. The van der Waals surface area contributed by atoms with Gasteiger partial charge < -0.3 is 10.9 Å². The van der Waals surface area contributed by atoms with Gasteiger partial charge in [0.2, 0.25) is 0 Å². The Labute approximate surface area is 141 Å². The SMILES string of the molecule is CSc1cccc(Sc2cc(Cl)ccc2Cl)c1/C(N)=N/O. The van der Waals surface area contributed by atoms with Crippen molar-refractivity contribution in [1.82, 2.24) is 0 Å². The normalized spacial score (nSPS) is 11.7. The molecule has 3 nitrogen and oxygen atoms in total. The van der Waals surface area contributed by atoms with Crippen LogP contribution in [0.4, 0.5) is 0 Å². The van der Waals surface area contributed by atoms with E-state index in [2.05, 4.69) is 5.16 Å². The van der Waals surface area contributed by atoms with Gasteiger partial charge in [0, 0.05) is 25.3 Å². The highest BCUT2D eigenvalue weighted by Gasteiger charge is 2.15. The highest BCUT2D eigenvalue weighted by atomic mass is 35.5. The predicted molar refractivity (Wildman–Crippen MR) is 91.3 cm³/mol. The van der Waals surface area contributed by atoms with Gasteiger partial charge in [-0.3, -0.25) is 0 Å². The quantitative estimate of drug-likeness (QED) is 0.266. The lowest BCUT2D eigenvalue weighted by molar-refractivity contribution is 0.318. The first-order valence-electron chi connectivity index (χ1n) is 5.84. The fourth-order valence-corrected chi connectivity index (χ4v) is 3.96. The van der Waals surface area contributed by atoms with Crippen LogP contribution in [0.25, 0.3) is 0 Å². The summed E-state index contributed by atoms with van der Waals surface area (Å²) >= 11 is 15.2. The molecule has 0 unspecified atom stereocenters. The Morgan fingerprint density at radius 3 is 2.52 bits per heavy atom. The van der Waals surface area contributed by atoms with Crippen LogP contribution in [0.1, 0.15) is 5.56 Å². The maximum Gasteiger partial charge on any atom is 0.172 e. The Kier molecular flexibility index (Phi) is 5.70. The second-order valence-electron chi connectivity index (χ2n) is 4.00. The van der Waals surface area contributed by atoms with Gasteiger partial charge in [-0.25, -0.2) is 0 Å². The van der Waals surface area contributed by atoms with Gasteiger partial charge >= 0.3 is 0 Å². The average Bonchev–Trinajstić information content (AvgIpc) is 2.49. The van der Waals surface area contributed by atoms with E-state index in [0.29, 0.717) is 15.6 Å². The minimum absolute atomic E-state index is 0.0700. The summed E-state index contributed by atoms with van der Waals surface area (Å²) in [5.41, 5.74) is 6.50. The maximum atomic E-state index is 8.99. The number of halogens is 2. The molecular formula is C14H12Cl2N2OS2. The van der Waals surface area contributed by atoms with Crippen LogP contribution in [0.15, 0.2) is 56.2 Å². The maximum absolute atomic E-state index is 8.99. The zero-order valence-corrected chi connectivity index (χ0v) is 14.2. The first-order chi connectivity index (χ1) is 10.1. The lowest BCUT2D eigenvalue weighted by Crippen LogP contribution is -2.15. The summed E-state index contributed by atoms with van der Waals surface area (Å²) in [5.74, 6) is 0.0700. The standard InChI is InChI=1S/C14H12Cl2N2OS2/c1-20-10-3-2-4-11(13(10)14(17)18-19)21-12-7-8(15)5-6-9(12)16/h2-7,19H,1H3,(H2,17,18). The smallest absolute Gasteiger partial charge is 0.172 e. The van der Waals surface area contributed by atoms with E-state index in [-0.39, 0.29) is 5.84 Å². The van der Waals surface area contributed by atoms with Gasteiger partial charge in [0.15, 0.2) is 5.84 Å². The molecule has 0 fully saturated rings. The molecule has 110 valence electrons. The van der Waals surface area contributed by atoms with Crippen molar-refractivity contribution in [3.05, 3.63) is 52.0 Å². The second kappa shape index (κ2) is 7.31. The average molecular weight is 359 g/mol. The number of hydrogen-bond acceptors (Lipinski definition) is 4. The van der Waals surface area contributed by atoms with Crippen molar-refractivity contribution < 1.29 is 5.21 Å². The third-order valence-corrected chi connectivity index (χ3v) is 5.26. The molecule has 0 saturated heterocycles. The lowest BCUT2D eigenvalue weighted by atomic mass is 10.2. The van der Waals surface area contributed by atoms with Crippen LogP contribution in [0, 0.1) is 0 Å². The van der Waals surface area contributed by atoms with Crippen molar-refractivity contribution in [2.75, 3.05) is 6.26 Å². The number of nitrogens with two attached hydrogens (primary N) is 1. The summed E-state index contributed by atoms with van der Waals surface area (Å²) < 4.78 is 0. The Bertz CT molecular complexity index is 693. The second-order valence-corrected chi connectivity index (χ2v) is 6.77. The zero-order chi connectivity index (χ0) is 15.4. The number of oxime groups is 1. The molecule has 7 heteroatoms. The van der Waals surface area contributed by atoms with Gasteiger partial charge in [-0.05, 0) is 36.6 Å². The van der Waals surface area contributed by atoms with Crippen molar-refractivity contribution in [2.24, 2.45) is 10.9 Å². The number of rotatable bonds is 4. The highest BCUT2D eigenvalue weighted by Crippen LogP contribution is 2.38. The molecule has 0 spiro atoms. The van der Waals surface area contributed by atoms with Gasteiger partial charge in [0.25, 0.3) is 0 Å². The van der Waals surface area contributed by atoms with Crippen LogP contribution in [0.3, 0.4) is 0 Å². The third kappa shape index (κ3) is 3.80. The molecule has 3 N–H and O–H groups in total. The zero-order valence-electron chi connectivity index (χ0n) is 11.0. The van der Waals surface area contributed by atoms with Crippen LogP contribution in [0.5, 0.6) is 0 Å². The molecule has 21 heavy (non-hydrogen) atoms. The van der Waals surface area contributed by atoms with E-state index in [1.165, 1.54) is 23.5 Å². The Balaban J connectivity index is 2.51. The molecule has 2 aromatic carbocycles. The number of hydrogen-bond donors (Lipinski definition) is 2. The minimum atomic E-state index is 0.0700. The molecular weight excluding hydrogens is 347 g/mol. The first-order valence-corrected chi connectivity index (χ1v) is 8.64. The number of nitrogens with zero attached hydrogens (tertiary/aromatic N) is 1. The fourth-order valence-electron chi connectivity index (χ4n) is 1.74. The van der Waals surface area contributed by atoms with Crippen LogP contribution < -0.4 is 5.73 Å². The summed E-state index contributed by atoms with van der Waals surface area (Å²) in [5, 5.41) is 13.3. The molecule has 2 aromatic rings. The minimum Gasteiger partial charge on any atom is -0.409 e. The highest BCUT2D eigenvalue weighted by molar-refractivity contribution is 8.00. The topological polar surface area (TPSA) is 58.6 Å². The monoisotopic (exact) mass is 358 g/mol. The van der Waals surface area contributed by atoms with E-state index < -0.39 is 0 Å². The fraction of sp³-hybridized carbons (Fsp3) is 0.0714. The summed E-state index contributed by atoms with van der Waals surface area (Å²) in [7, 11) is 0. The van der Waals surface area contributed by atoms with E-state index in [9.17, 15) is 0 Å². The van der Waals surface area contributed by atoms with Crippen molar-refractivity contribution in [3.8, 4) is 0 Å². The van der Waals surface area contributed by atoms with E-state index in [1.54, 1.807) is 18.2 Å². The Morgan fingerprint density at radius 1 is 1.14 bits per heavy atom. The van der Waals surface area contributed by atoms with Crippen molar-refractivity contribution in [2.45, 2.75) is 14.7 Å². The van der Waals surface area contributed by atoms with E-state index in [1.807, 2.05) is 24.5 Å². The van der Waals surface area contributed by atoms with E-state index in [0.717, 1.165) is 14.7 Å². The number of amidine groups is 1. The van der Waals surface area contributed by atoms with Crippen molar-refractivity contribution in [1.29, 1.82) is 0 Å². The number of thioether (sulfide) groups is 1. The predicted octanol–water partition coefficient (Wildman–Crippen LogP) is 4.96. The molecule has 0 heterocycles. The van der Waals surface area contributed by atoms with Crippen molar-refractivity contribution >= 4 is 52.6 Å². The van der Waals surface area contributed by atoms with Gasteiger partial charge in [-0.2, -0.15) is 0 Å². The summed E-state index contributed by atoms with van der Waals surface area (Å²) in [6.07, 6.45) is 1.93. The molecule has 0 amide bonds. The molecule has 0 aliphatic carbocycles. The first kappa shape index (κ1) is 16.4. The molecule has 0 bridgehead atoms. The van der Waals surface area contributed by atoms with Crippen LogP contribution >= 0.6 is 46.7 Å². The Hall–Kier alpha value is -1.01. The van der Waals surface area contributed by atoms with Crippen LogP contribution in [-0.4, -0.2) is 17.3 Å². The molecule has 0 aliphatic rings. The van der Waals surface area contributed by atoms with Gasteiger partial charge in [0.1, 0.15) is 0 Å². The van der Waals surface area contributed by atoms with E-state index >= 15 is 0 Å². The molecule has 2 rings (SSSR count). The molecule has 0 radical (unpaired) electrons. The largest absolute Gasteiger partial charge is 0.409 e. The summed E-state index contributed by atoms with van der Waals surface area (Å²) in [4.78, 5) is 2.59. The summed E-state index contributed by atoms with van der Waals surface area (Å²) in [6, 6.07) is 11.0. The molecule has 0 aliphatic heterocycles.